The van der Waals surface area contributed by atoms with Crippen molar-refractivity contribution in [2.45, 2.75) is 0 Å². The van der Waals surface area contributed by atoms with Gasteiger partial charge in [-0.3, -0.25) is 4.40 Å². The molecule has 0 bridgehead atoms. The Labute approximate surface area is 109 Å². The van der Waals surface area contributed by atoms with Crippen LogP contribution in [0, 0.1) is 0 Å². The summed E-state index contributed by atoms with van der Waals surface area (Å²) < 4.78 is 3.68. The molecule has 0 radical (unpaired) electrons. The van der Waals surface area contributed by atoms with Crippen LogP contribution in [0.3, 0.4) is 0 Å². The minimum atomic E-state index is 0.752. The molecule has 0 N–H and O–H groups in total. The van der Waals surface area contributed by atoms with Crippen molar-refractivity contribution in [1.29, 1.82) is 0 Å². The van der Waals surface area contributed by atoms with E-state index < -0.39 is 0 Å². The number of thiophene rings is 1. The quantitative estimate of drug-likeness (QED) is 0.682. The number of nitrogens with zero attached hydrogens (tertiary/aromatic N) is 3. The molecule has 0 saturated carbocycles. The highest BCUT2D eigenvalue weighted by Crippen LogP contribution is 2.30. The van der Waals surface area contributed by atoms with Crippen LogP contribution in [0.4, 0.5) is 0 Å². The van der Waals surface area contributed by atoms with Crippen LogP contribution < -0.4 is 0 Å². The lowest BCUT2D eigenvalue weighted by Gasteiger charge is -1.97. The molecule has 16 heavy (non-hydrogen) atoms. The number of halogens is 2. The fourth-order valence-corrected chi connectivity index (χ4v) is 2.83. The third-order valence-corrected chi connectivity index (χ3v) is 3.86. The van der Waals surface area contributed by atoms with Gasteiger partial charge in [-0.2, -0.15) is 0 Å². The first-order chi connectivity index (χ1) is 7.74. The molecule has 3 rings (SSSR count). The normalized spacial score (nSPS) is 11.1. The van der Waals surface area contributed by atoms with E-state index in [0.717, 1.165) is 25.2 Å². The molecule has 0 aromatic carbocycles. The van der Waals surface area contributed by atoms with E-state index in [1.165, 1.54) is 11.3 Å². The number of fused-ring (bicyclic) bond motifs is 1. The molecule has 0 fully saturated rings. The standard InChI is InChI=1S/C10H5BrClN3S/c11-6-1-4-9-13-14-10(15(9)5-6)7-2-3-8(12)16-7/h1-5H. The van der Waals surface area contributed by atoms with Gasteiger partial charge < -0.3 is 0 Å². The van der Waals surface area contributed by atoms with E-state index in [0.29, 0.717) is 0 Å². The molecule has 3 aromatic rings. The van der Waals surface area contributed by atoms with Gasteiger partial charge in [0.1, 0.15) is 0 Å². The molecule has 0 amide bonds. The highest BCUT2D eigenvalue weighted by molar-refractivity contribution is 9.10. The van der Waals surface area contributed by atoms with Crippen molar-refractivity contribution < 1.29 is 0 Å². The maximum Gasteiger partial charge on any atom is 0.178 e. The molecule has 0 aliphatic carbocycles. The van der Waals surface area contributed by atoms with Gasteiger partial charge in [0, 0.05) is 10.7 Å². The van der Waals surface area contributed by atoms with Gasteiger partial charge in [0.15, 0.2) is 11.5 Å². The van der Waals surface area contributed by atoms with E-state index in [2.05, 4.69) is 26.1 Å². The van der Waals surface area contributed by atoms with Crippen LogP contribution in [0.1, 0.15) is 0 Å². The SMILES string of the molecule is Clc1ccc(-c2nnc3ccc(Br)cn23)s1. The van der Waals surface area contributed by atoms with Crippen LogP contribution >= 0.6 is 38.9 Å². The third-order valence-electron chi connectivity index (χ3n) is 2.16. The topological polar surface area (TPSA) is 30.2 Å². The molecule has 0 aliphatic rings. The smallest absolute Gasteiger partial charge is 0.178 e. The maximum absolute atomic E-state index is 5.91. The van der Waals surface area contributed by atoms with Gasteiger partial charge >= 0.3 is 0 Å². The van der Waals surface area contributed by atoms with Crippen molar-refractivity contribution >= 4 is 44.5 Å². The Morgan fingerprint density at radius 3 is 2.81 bits per heavy atom. The molecular formula is C10H5BrClN3S. The first kappa shape index (κ1) is 10.3. The zero-order valence-electron chi connectivity index (χ0n) is 7.89. The molecule has 3 nitrogen and oxygen atoms in total. The second kappa shape index (κ2) is 3.84. The largest absolute Gasteiger partial charge is 0.281 e. The number of hydrogen-bond acceptors (Lipinski definition) is 3. The van der Waals surface area contributed by atoms with E-state index in [1.807, 2.05) is 34.9 Å². The van der Waals surface area contributed by atoms with Crippen molar-refractivity contribution in [2.24, 2.45) is 0 Å². The average molecular weight is 315 g/mol. The molecule has 0 unspecified atom stereocenters. The van der Waals surface area contributed by atoms with E-state index in [9.17, 15) is 0 Å². The molecule has 80 valence electrons. The van der Waals surface area contributed by atoms with Gasteiger partial charge in [-0.1, -0.05) is 11.6 Å². The highest BCUT2D eigenvalue weighted by atomic mass is 79.9. The van der Waals surface area contributed by atoms with Crippen LogP contribution in [0.2, 0.25) is 4.34 Å². The summed E-state index contributed by atoms with van der Waals surface area (Å²) in [6.07, 6.45) is 1.94. The Morgan fingerprint density at radius 2 is 2.06 bits per heavy atom. The van der Waals surface area contributed by atoms with Crippen LogP contribution in [0.25, 0.3) is 16.3 Å². The Morgan fingerprint density at radius 1 is 1.19 bits per heavy atom. The van der Waals surface area contributed by atoms with Crippen molar-refractivity contribution in [3.05, 3.63) is 39.3 Å². The summed E-state index contributed by atoms with van der Waals surface area (Å²) in [6, 6.07) is 7.66. The zero-order chi connectivity index (χ0) is 11.1. The zero-order valence-corrected chi connectivity index (χ0v) is 11.1. The van der Waals surface area contributed by atoms with Crippen molar-refractivity contribution in [2.75, 3.05) is 0 Å². The van der Waals surface area contributed by atoms with Gasteiger partial charge in [0.25, 0.3) is 0 Å². The van der Waals surface area contributed by atoms with Gasteiger partial charge in [0.05, 0.1) is 9.21 Å². The lowest BCUT2D eigenvalue weighted by Crippen LogP contribution is -1.86. The Hall–Kier alpha value is -0.910. The monoisotopic (exact) mass is 313 g/mol. The highest BCUT2D eigenvalue weighted by Gasteiger charge is 2.10. The maximum atomic E-state index is 5.91. The van der Waals surface area contributed by atoms with Crippen LogP contribution in [0.15, 0.2) is 34.9 Å². The number of aromatic nitrogens is 3. The lowest BCUT2D eigenvalue weighted by atomic mass is 10.4. The average Bonchev–Trinajstić information content (AvgIpc) is 2.83. The van der Waals surface area contributed by atoms with Crippen LogP contribution in [0.5, 0.6) is 0 Å². The Balaban J connectivity index is 2.27. The number of hydrogen-bond donors (Lipinski definition) is 0. The number of pyridine rings is 1. The molecule has 0 spiro atoms. The van der Waals surface area contributed by atoms with E-state index >= 15 is 0 Å². The predicted molar refractivity (Wildman–Crippen MR) is 69.0 cm³/mol. The summed E-state index contributed by atoms with van der Waals surface area (Å²) in [5.74, 6) is 0.813. The molecule has 3 aromatic heterocycles. The lowest BCUT2D eigenvalue weighted by molar-refractivity contribution is 1.12. The predicted octanol–water partition coefficient (Wildman–Crippen LogP) is 3.87. The van der Waals surface area contributed by atoms with Crippen molar-refractivity contribution in [3.63, 3.8) is 0 Å². The summed E-state index contributed by atoms with van der Waals surface area (Å²) in [6.45, 7) is 0. The Bertz CT molecular complexity index is 661. The molecule has 0 aliphatic heterocycles. The number of rotatable bonds is 1. The van der Waals surface area contributed by atoms with E-state index in [1.54, 1.807) is 0 Å². The van der Waals surface area contributed by atoms with Crippen LogP contribution in [-0.2, 0) is 0 Å². The molecular weight excluding hydrogens is 310 g/mol. The summed E-state index contributed by atoms with van der Waals surface area (Å²) in [5, 5.41) is 8.27. The summed E-state index contributed by atoms with van der Waals surface area (Å²) in [7, 11) is 0. The second-order valence-electron chi connectivity index (χ2n) is 3.20. The third kappa shape index (κ3) is 1.65. The minimum Gasteiger partial charge on any atom is -0.281 e. The van der Waals surface area contributed by atoms with Crippen molar-refractivity contribution in [1.82, 2.24) is 14.6 Å². The first-order valence-electron chi connectivity index (χ1n) is 4.50. The van der Waals surface area contributed by atoms with E-state index in [4.69, 9.17) is 11.6 Å². The van der Waals surface area contributed by atoms with E-state index in [-0.39, 0.29) is 0 Å². The second-order valence-corrected chi connectivity index (χ2v) is 5.83. The molecule has 0 atom stereocenters. The molecule has 6 heteroatoms. The fourth-order valence-electron chi connectivity index (χ4n) is 1.47. The van der Waals surface area contributed by atoms with Gasteiger partial charge in [0.2, 0.25) is 0 Å². The van der Waals surface area contributed by atoms with Gasteiger partial charge in [-0.25, -0.2) is 0 Å². The first-order valence-corrected chi connectivity index (χ1v) is 6.49. The summed E-state index contributed by atoms with van der Waals surface area (Å²) >= 11 is 10.8. The van der Waals surface area contributed by atoms with Crippen LogP contribution in [-0.4, -0.2) is 14.6 Å². The fraction of sp³-hybridized carbons (Fsp3) is 0. The summed E-state index contributed by atoms with van der Waals surface area (Å²) in [5.41, 5.74) is 0.822. The summed E-state index contributed by atoms with van der Waals surface area (Å²) in [4.78, 5) is 1.01. The van der Waals surface area contributed by atoms with Gasteiger partial charge in [-0.15, -0.1) is 21.5 Å². The molecule has 0 saturated heterocycles. The Kier molecular flexibility index (Phi) is 2.46. The minimum absolute atomic E-state index is 0.752. The molecule has 3 heterocycles. The van der Waals surface area contributed by atoms with Gasteiger partial charge in [-0.05, 0) is 40.2 Å². The van der Waals surface area contributed by atoms with Crippen molar-refractivity contribution in [3.8, 4) is 10.7 Å².